The third-order valence-corrected chi connectivity index (χ3v) is 3.28. The van der Waals surface area contributed by atoms with Crippen LogP contribution >= 0.6 is 0 Å². The van der Waals surface area contributed by atoms with Crippen molar-refractivity contribution in [3.05, 3.63) is 48.6 Å². The maximum Gasteiger partial charge on any atom is 0.328 e. The summed E-state index contributed by atoms with van der Waals surface area (Å²) in [6.45, 7) is 3.64. The Kier molecular flexibility index (Phi) is 7.92. The van der Waals surface area contributed by atoms with Gasteiger partial charge in [0.1, 0.15) is 6.04 Å². The minimum Gasteiger partial charge on any atom is -0.467 e. The van der Waals surface area contributed by atoms with E-state index in [1.54, 1.807) is 18.2 Å². The van der Waals surface area contributed by atoms with Gasteiger partial charge in [-0.15, -0.1) is 6.58 Å². The van der Waals surface area contributed by atoms with Gasteiger partial charge < -0.3 is 14.8 Å². The van der Waals surface area contributed by atoms with Gasteiger partial charge in [-0.1, -0.05) is 36.4 Å². The Morgan fingerprint density at radius 2 is 1.95 bits per heavy atom. The van der Waals surface area contributed by atoms with Crippen molar-refractivity contribution in [3.63, 3.8) is 0 Å². The summed E-state index contributed by atoms with van der Waals surface area (Å²) in [6.07, 6.45) is 3.03. The molecule has 0 aliphatic heterocycles. The van der Waals surface area contributed by atoms with Crippen molar-refractivity contribution >= 4 is 11.9 Å². The van der Waals surface area contributed by atoms with Crippen molar-refractivity contribution in [2.45, 2.75) is 31.4 Å². The molecule has 1 rings (SSSR count). The first kappa shape index (κ1) is 17.9. The summed E-state index contributed by atoms with van der Waals surface area (Å²) >= 11 is 0. The van der Waals surface area contributed by atoms with Crippen LogP contribution in [0.15, 0.2) is 43.0 Å². The molecule has 1 aromatic carbocycles. The van der Waals surface area contributed by atoms with E-state index in [1.807, 2.05) is 18.2 Å². The molecule has 0 aliphatic carbocycles. The fraction of sp³-hybridized carbons (Fsp3) is 0.412. The van der Waals surface area contributed by atoms with Crippen LogP contribution in [0.4, 0.5) is 0 Å². The molecular weight excluding hydrogens is 282 g/mol. The molecule has 0 bridgehead atoms. The van der Waals surface area contributed by atoms with E-state index in [4.69, 9.17) is 9.47 Å². The highest BCUT2D eigenvalue weighted by Crippen LogP contribution is 2.17. The Labute approximate surface area is 131 Å². The second kappa shape index (κ2) is 9.73. The Balaban J connectivity index is 2.75. The second-order valence-corrected chi connectivity index (χ2v) is 4.83. The average Bonchev–Trinajstić information content (AvgIpc) is 2.55. The minimum atomic E-state index is -0.757. The number of ether oxygens (including phenoxy) is 2. The van der Waals surface area contributed by atoms with E-state index in [1.165, 1.54) is 14.2 Å². The van der Waals surface area contributed by atoms with Crippen LogP contribution in [0.5, 0.6) is 0 Å². The fourth-order valence-corrected chi connectivity index (χ4v) is 2.13. The number of hydrogen-bond donors (Lipinski definition) is 1. The molecule has 0 aromatic heterocycles. The first-order chi connectivity index (χ1) is 10.6. The molecule has 1 amide bonds. The molecule has 0 radical (unpaired) electrons. The maximum absolute atomic E-state index is 12.4. The highest BCUT2D eigenvalue weighted by molar-refractivity contribution is 5.87. The van der Waals surface area contributed by atoms with Gasteiger partial charge in [0.2, 0.25) is 0 Å². The summed E-state index contributed by atoms with van der Waals surface area (Å²) in [5.74, 6) is -0.817. The van der Waals surface area contributed by atoms with E-state index < -0.39 is 18.1 Å². The molecule has 5 nitrogen and oxygen atoms in total. The van der Waals surface area contributed by atoms with Crippen LogP contribution in [0.2, 0.25) is 0 Å². The monoisotopic (exact) mass is 305 g/mol. The van der Waals surface area contributed by atoms with Gasteiger partial charge in [-0.2, -0.15) is 0 Å². The van der Waals surface area contributed by atoms with E-state index >= 15 is 0 Å². The quantitative estimate of drug-likeness (QED) is 0.432. The van der Waals surface area contributed by atoms with Crippen LogP contribution in [0.3, 0.4) is 0 Å². The smallest absolute Gasteiger partial charge is 0.328 e. The molecule has 0 saturated carbocycles. The van der Waals surface area contributed by atoms with Crippen LogP contribution in [0.1, 0.15) is 30.9 Å². The minimum absolute atomic E-state index is 0.359. The molecule has 22 heavy (non-hydrogen) atoms. The standard InChI is InChI=1S/C17H23NO4/c1-4-5-7-12-14(17(20)22-3)18-16(19)15(21-2)13-10-8-6-9-11-13/h4,6,8-11,14-15H,1,5,7,12H2,2-3H3,(H,18,19)/t14-,15-/m1/s1. The lowest BCUT2D eigenvalue weighted by atomic mass is 10.1. The molecule has 5 heteroatoms. The highest BCUT2D eigenvalue weighted by Gasteiger charge is 2.26. The number of esters is 1. The Bertz CT molecular complexity index is 487. The topological polar surface area (TPSA) is 64.6 Å². The van der Waals surface area contributed by atoms with Crippen molar-refractivity contribution < 1.29 is 19.1 Å². The molecule has 0 unspecified atom stereocenters. The third-order valence-electron chi connectivity index (χ3n) is 3.28. The predicted molar refractivity (Wildman–Crippen MR) is 84.2 cm³/mol. The zero-order valence-electron chi connectivity index (χ0n) is 13.1. The first-order valence-corrected chi connectivity index (χ1v) is 7.20. The number of benzene rings is 1. The number of unbranched alkanes of at least 4 members (excludes halogenated alkanes) is 1. The lowest BCUT2D eigenvalue weighted by Crippen LogP contribution is -2.44. The number of carbonyl (C=O) groups excluding carboxylic acids is 2. The summed E-state index contributed by atoms with van der Waals surface area (Å²) in [6, 6.07) is 8.45. The molecule has 0 fully saturated rings. The molecule has 0 aliphatic rings. The second-order valence-electron chi connectivity index (χ2n) is 4.83. The number of nitrogens with one attached hydrogen (secondary N) is 1. The van der Waals surface area contributed by atoms with Gasteiger partial charge in [-0.25, -0.2) is 4.79 Å². The van der Waals surface area contributed by atoms with Gasteiger partial charge in [0, 0.05) is 7.11 Å². The first-order valence-electron chi connectivity index (χ1n) is 7.20. The van der Waals surface area contributed by atoms with Crippen LogP contribution in [0.25, 0.3) is 0 Å². The molecular formula is C17H23NO4. The van der Waals surface area contributed by atoms with Crippen LogP contribution in [-0.2, 0) is 19.1 Å². The molecule has 0 spiro atoms. The Morgan fingerprint density at radius 1 is 1.27 bits per heavy atom. The molecule has 0 saturated heterocycles. The summed E-state index contributed by atoms with van der Waals surface area (Å²) in [5, 5.41) is 2.70. The van der Waals surface area contributed by atoms with Crippen molar-refractivity contribution in [3.8, 4) is 0 Å². The highest BCUT2D eigenvalue weighted by atomic mass is 16.5. The van der Waals surface area contributed by atoms with E-state index in [0.29, 0.717) is 6.42 Å². The number of allylic oxidation sites excluding steroid dienone is 1. The van der Waals surface area contributed by atoms with Gasteiger partial charge in [0.25, 0.3) is 5.91 Å². The lowest BCUT2D eigenvalue weighted by molar-refractivity contribution is -0.147. The van der Waals surface area contributed by atoms with Gasteiger partial charge in [-0.05, 0) is 24.8 Å². The molecule has 120 valence electrons. The van der Waals surface area contributed by atoms with Crippen LogP contribution < -0.4 is 5.32 Å². The lowest BCUT2D eigenvalue weighted by Gasteiger charge is -2.20. The molecule has 1 aromatic rings. The van der Waals surface area contributed by atoms with Gasteiger partial charge in [0.05, 0.1) is 7.11 Å². The summed E-state index contributed by atoms with van der Waals surface area (Å²) < 4.78 is 10.0. The fourth-order valence-electron chi connectivity index (χ4n) is 2.13. The number of rotatable bonds is 9. The van der Waals surface area contributed by atoms with Crippen LogP contribution in [0, 0.1) is 0 Å². The van der Waals surface area contributed by atoms with E-state index in [-0.39, 0.29) is 5.91 Å². The van der Waals surface area contributed by atoms with E-state index in [9.17, 15) is 9.59 Å². The van der Waals surface area contributed by atoms with Gasteiger partial charge in [-0.3, -0.25) is 4.79 Å². The predicted octanol–water partition coefficient (Wildman–Crippen LogP) is 2.39. The zero-order chi connectivity index (χ0) is 16.4. The largest absolute Gasteiger partial charge is 0.467 e. The van der Waals surface area contributed by atoms with Crippen molar-refractivity contribution in [2.75, 3.05) is 14.2 Å². The summed E-state index contributed by atoms with van der Waals surface area (Å²) in [7, 11) is 2.77. The van der Waals surface area contributed by atoms with E-state index in [0.717, 1.165) is 18.4 Å². The number of amides is 1. The maximum atomic E-state index is 12.4. The number of methoxy groups -OCH3 is 2. The van der Waals surface area contributed by atoms with E-state index in [2.05, 4.69) is 11.9 Å². The summed E-state index contributed by atoms with van der Waals surface area (Å²) in [4.78, 5) is 24.2. The zero-order valence-corrected chi connectivity index (χ0v) is 13.1. The molecule has 2 atom stereocenters. The normalized spacial score (nSPS) is 13.0. The van der Waals surface area contributed by atoms with Gasteiger partial charge in [0.15, 0.2) is 6.10 Å². The Hall–Kier alpha value is -2.14. The third kappa shape index (κ3) is 5.33. The number of hydrogen-bond acceptors (Lipinski definition) is 4. The number of carbonyl (C=O) groups is 2. The SMILES string of the molecule is C=CCCC[C@@H](NC(=O)[C@H](OC)c1ccccc1)C(=O)OC. The molecule has 1 N–H and O–H groups in total. The van der Waals surface area contributed by atoms with Gasteiger partial charge >= 0.3 is 5.97 Å². The van der Waals surface area contributed by atoms with Crippen molar-refractivity contribution in [1.29, 1.82) is 0 Å². The Morgan fingerprint density at radius 3 is 2.50 bits per heavy atom. The average molecular weight is 305 g/mol. The van der Waals surface area contributed by atoms with Crippen molar-refractivity contribution in [2.24, 2.45) is 0 Å². The van der Waals surface area contributed by atoms with Crippen LogP contribution in [-0.4, -0.2) is 32.1 Å². The summed E-state index contributed by atoms with van der Waals surface area (Å²) in [5.41, 5.74) is 0.734. The molecule has 0 heterocycles. The van der Waals surface area contributed by atoms with Crippen molar-refractivity contribution in [1.82, 2.24) is 5.32 Å².